The number of carbonyl (C=O) groups excluding carboxylic acids is 2. The highest BCUT2D eigenvalue weighted by Gasteiger charge is 2.22. The second-order valence-electron chi connectivity index (χ2n) is 6.59. The fraction of sp³-hybridized carbons (Fsp3) is 0.867. The predicted molar refractivity (Wildman–Crippen MR) is 83.8 cm³/mol. The van der Waals surface area contributed by atoms with Crippen molar-refractivity contribution >= 4 is 12.2 Å². The Hall–Kier alpha value is -1.50. The van der Waals surface area contributed by atoms with Crippen molar-refractivity contribution in [1.29, 1.82) is 0 Å². The van der Waals surface area contributed by atoms with Crippen LogP contribution in [0.5, 0.6) is 0 Å². The van der Waals surface area contributed by atoms with Gasteiger partial charge in [-0.05, 0) is 46.1 Å². The normalized spacial score (nSPS) is 18.8. The molecule has 0 radical (unpaired) electrons. The Balaban J connectivity index is 2.09. The molecular weight excluding hydrogens is 286 g/mol. The van der Waals surface area contributed by atoms with Crippen LogP contribution in [0.15, 0.2) is 0 Å². The summed E-state index contributed by atoms with van der Waals surface area (Å²) in [5, 5.41) is 5.47. The standard InChI is InChI=1S/C15H29N3O4/c1-15(2,3)22-14(20)17-8-10-18-9-6-12(11-18)5-7-16-13(19)21-4/h12H,5-11H2,1-4H3,(H,16,19)(H,17,20). The maximum Gasteiger partial charge on any atom is 0.407 e. The second-order valence-corrected chi connectivity index (χ2v) is 6.59. The average Bonchev–Trinajstić information content (AvgIpc) is 2.84. The minimum absolute atomic E-state index is 0.370. The SMILES string of the molecule is COC(=O)NCCC1CCN(CCNC(=O)OC(C)(C)C)C1. The summed E-state index contributed by atoms with van der Waals surface area (Å²) in [4.78, 5) is 24.8. The third-order valence-electron chi connectivity index (χ3n) is 3.47. The third-order valence-corrected chi connectivity index (χ3v) is 3.47. The van der Waals surface area contributed by atoms with Crippen LogP contribution in [-0.4, -0.2) is 62.5 Å². The van der Waals surface area contributed by atoms with Gasteiger partial charge in [-0.25, -0.2) is 9.59 Å². The van der Waals surface area contributed by atoms with Gasteiger partial charge in [-0.3, -0.25) is 0 Å². The molecule has 0 aromatic heterocycles. The molecule has 1 aliphatic rings. The summed E-state index contributed by atoms with van der Waals surface area (Å²) < 4.78 is 9.72. The molecule has 0 aromatic rings. The molecule has 0 saturated carbocycles. The summed E-state index contributed by atoms with van der Waals surface area (Å²) in [6, 6.07) is 0. The van der Waals surface area contributed by atoms with E-state index in [1.165, 1.54) is 7.11 Å². The van der Waals surface area contributed by atoms with Crippen LogP contribution in [0.1, 0.15) is 33.6 Å². The Morgan fingerprint density at radius 1 is 1.18 bits per heavy atom. The van der Waals surface area contributed by atoms with Crippen LogP contribution in [0.4, 0.5) is 9.59 Å². The lowest BCUT2D eigenvalue weighted by Crippen LogP contribution is -2.37. The van der Waals surface area contributed by atoms with Gasteiger partial charge in [0.2, 0.25) is 0 Å². The molecule has 1 fully saturated rings. The first kappa shape index (κ1) is 18.5. The van der Waals surface area contributed by atoms with Crippen LogP contribution < -0.4 is 10.6 Å². The molecule has 1 aliphatic heterocycles. The molecule has 1 saturated heterocycles. The zero-order chi connectivity index (χ0) is 16.6. The molecule has 22 heavy (non-hydrogen) atoms. The molecule has 0 spiro atoms. The van der Waals surface area contributed by atoms with Crippen LogP contribution in [0, 0.1) is 5.92 Å². The van der Waals surface area contributed by atoms with Crippen molar-refractivity contribution in [2.45, 2.75) is 39.2 Å². The second kappa shape index (κ2) is 8.82. The Kier molecular flexibility index (Phi) is 7.44. The molecule has 0 aromatic carbocycles. The minimum Gasteiger partial charge on any atom is -0.453 e. The summed E-state index contributed by atoms with van der Waals surface area (Å²) in [6.45, 7) is 9.61. The monoisotopic (exact) mass is 315 g/mol. The number of methoxy groups -OCH3 is 1. The highest BCUT2D eigenvalue weighted by molar-refractivity contribution is 5.67. The number of amides is 2. The van der Waals surface area contributed by atoms with Crippen LogP contribution in [0.2, 0.25) is 0 Å². The number of hydrogen-bond donors (Lipinski definition) is 2. The van der Waals surface area contributed by atoms with Crippen molar-refractivity contribution < 1.29 is 19.1 Å². The van der Waals surface area contributed by atoms with Crippen molar-refractivity contribution in [3.05, 3.63) is 0 Å². The van der Waals surface area contributed by atoms with E-state index in [9.17, 15) is 9.59 Å². The lowest BCUT2D eigenvalue weighted by molar-refractivity contribution is 0.0523. The maximum atomic E-state index is 11.5. The van der Waals surface area contributed by atoms with Crippen LogP contribution >= 0.6 is 0 Å². The van der Waals surface area contributed by atoms with E-state index >= 15 is 0 Å². The fourth-order valence-corrected chi connectivity index (χ4v) is 2.43. The van der Waals surface area contributed by atoms with Crippen molar-refractivity contribution in [2.75, 3.05) is 39.8 Å². The van der Waals surface area contributed by atoms with Crippen LogP contribution in [-0.2, 0) is 9.47 Å². The first-order valence-electron chi connectivity index (χ1n) is 7.81. The van der Waals surface area contributed by atoms with E-state index in [1.54, 1.807) is 0 Å². The number of nitrogens with one attached hydrogen (secondary N) is 2. The Bertz CT molecular complexity index is 368. The highest BCUT2D eigenvalue weighted by atomic mass is 16.6. The number of carbonyl (C=O) groups is 2. The lowest BCUT2D eigenvalue weighted by Gasteiger charge is -2.21. The molecule has 0 aliphatic carbocycles. The zero-order valence-corrected chi connectivity index (χ0v) is 14.1. The van der Waals surface area contributed by atoms with Gasteiger partial charge in [-0.1, -0.05) is 0 Å². The van der Waals surface area contributed by atoms with Gasteiger partial charge < -0.3 is 25.0 Å². The molecule has 128 valence electrons. The Labute approximate surface area is 132 Å². The predicted octanol–water partition coefficient (Wildman–Crippen LogP) is 1.58. The van der Waals surface area contributed by atoms with Crippen LogP contribution in [0.3, 0.4) is 0 Å². The van der Waals surface area contributed by atoms with Gasteiger partial charge in [0.15, 0.2) is 0 Å². The summed E-state index contributed by atoms with van der Waals surface area (Å²) in [5.74, 6) is 0.582. The summed E-state index contributed by atoms with van der Waals surface area (Å²) >= 11 is 0. The highest BCUT2D eigenvalue weighted by Crippen LogP contribution is 2.18. The smallest absolute Gasteiger partial charge is 0.407 e. The molecule has 7 heteroatoms. The van der Waals surface area contributed by atoms with Crippen molar-refractivity contribution in [3.8, 4) is 0 Å². The van der Waals surface area contributed by atoms with Gasteiger partial charge in [-0.15, -0.1) is 0 Å². The average molecular weight is 315 g/mol. The van der Waals surface area contributed by atoms with Crippen molar-refractivity contribution in [1.82, 2.24) is 15.5 Å². The van der Waals surface area contributed by atoms with Gasteiger partial charge in [0.25, 0.3) is 0 Å². The van der Waals surface area contributed by atoms with E-state index in [2.05, 4.69) is 20.3 Å². The number of rotatable bonds is 6. The molecule has 1 rings (SSSR count). The number of hydrogen-bond acceptors (Lipinski definition) is 5. The van der Waals surface area contributed by atoms with Crippen molar-refractivity contribution in [3.63, 3.8) is 0 Å². The number of ether oxygens (including phenoxy) is 2. The van der Waals surface area contributed by atoms with Crippen LogP contribution in [0.25, 0.3) is 0 Å². The first-order valence-corrected chi connectivity index (χ1v) is 7.81. The van der Waals surface area contributed by atoms with E-state index in [1.807, 2.05) is 20.8 Å². The van der Waals surface area contributed by atoms with E-state index in [4.69, 9.17) is 4.74 Å². The fourth-order valence-electron chi connectivity index (χ4n) is 2.43. The molecule has 1 unspecified atom stereocenters. The Morgan fingerprint density at radius 3 is 2.50 bits per heavy atom. The summed E-state index contributed by atoms with van der Waals surface area (Å²) in [7, 11) is 1.37. The van der Waals surface area contributed by atoms with Gasteiger partial charge in [0.1, 0.15) is 5.60 Å². The quantitative estimate of drug-likeness (QED) is 0.778. The number of nitrogens with zero attached hydrogens (tertiary/aromatic N) is 1. The molecule has 7 nitrogen and oxygen atoms in total. The number of alkyl carbamates (subject to hydrolysis) is 2. The lowest BCUT2D eigenvalue weighted by atomic mass is 10.1. The van der Waals surface area contributed by atoms with E-state index in [0.29, 0.717) is 19.0 Å². The summed E-state index contributed by atoms with van der Waals surface area (Å²) in [5.41, 5.74) is -0.463. The first-order chi connectivity index (χ1) is 10.3. The van der Waals surface area contributed by atoms with Gasteiger partial charge in [-0.2, -0.15) is 0 Å². The topological polar surface area (TPSA) is 79.9 Å². The molecule has 0 bridgehead atoms. The summed E-state index contributed by atoms with van der Waals surface area (Å²) in [6.07, 6.45) is 1.32. The van der Waals surface area contributed by atoms with Gasteiger partial charge in [0.05, 0.1) is 7.11 Å². The third kappa shape index (κ3) is 8.07. The zero-order valence-electron chi connectivity index (χ0n) is 14.1. The van der Waals surface area contributed by atoms with Gasteiger partial charge in [0, 0.05) is 26.2 Å². The van der Waals surface area contributed by atoms with E-state index in [-0.39, 0.29) is 12.2 Å². The molecule has 2 N–H and O–H groups in total. The molecule has 2 amide bonds. The van der Waals surface area contributed by atoms with E-state index in [0.717, 1.165) is 32.5 Å². The maximum absolute atomic E-state index is 11.5. The Morgan fingerprint density at radius 2 is 1.86 bits per heavy atom. The minimum atomic E-state index is -0.463. The van der Waals surface area contributed by atoms with Gasteiger partial charge >= 0.3 is 12.2 Å². The molecule has 1 atom stereocenters. The molecule has 1 heterocycles. The molecular formula is C15H29N3O4. The largest absolute Gasteiger partial charge is 0.453 e. The number of likely N-dealkylation sites (tertiary alicyclic amines) is 1. The van der Waals surface area contributed by atoms with Crippen molar-refractivity contribution in [2.24, 2.45) is 5.92 Å². The van der Waals surface area contributed by atoms with E-state index < -0.39 is 5.60 Å².